The third-order valence-corrected chi connectivity index (χ3v) is 3.55. The largest absolute Gasteiger partial charge is 0.465 e. The Hall–Kier alpha value is -3.09. The zero-order valence-electron chi connectivity index (χ0n) is 13.6. The van der Waals surface area contributed by atoms with Crippen LogP contribution < -0.4 is 11.1 Å². The molecule has 7 nitrogen and oxygen atoms in total. The van der Waals surface area contributed by atoms with Gasteiger partial charge in [-0.1, -0.05) is 0 Å². The Morgan fingerprint density at radius 3 is 2.21 bits per heavy atom. The summed E-state index contributed by atoms with van der Waals surface area (Å²) in [6, 6.07) is 6.05. The molecule has 0 aliphatic carbocycles. The molecule has 1 heterocycles. The van der Waals surface area contributed by atoms with Crippen LogP contribution in [0.15, 0.2) is 28.7 Å². The van der Waals surface area contributed by atoms with E-state index in [2.05, 4.69) is 5.32 Å². The fourth-order valence-electron chi connectivity index (χ4n) is 2.21. The lowest BCUT2D eigenvalue weighted by atomic mass is 10.1. The molecule has 0 bridgehead atoms. The second-order valence-corrected chi connectivity index (χ2v) is 5.28. The minimum Gasteiger partial charge on any atom is -0.465 e. The van der Waals surface area contributed by atoms with Crippen LogP contribution in [0.3, 0.4) is 0 Å². The number of amides is 2. The molecule has 2 rings (SSSR count). The van der Waals surface area contributed by atoms with Crippen LogP contribution in [0, 0.1) is 20.8 Å². The number of aryl methyl sites for hydroxylation is 2. The van der Waals surface area contributed by atoms with Gasteiger partial charge in [-0.05, 0) is 45.0 Å². The summed E-state index contributed by atoms with van der Waals surface area (Å²) < 4.78 is 10.4. The molecule has 0 unspecified atom stereocenters. The van der Waals surface area contributed by atoms with E-state index in [1.165, 1.54) is 24.3 Å². The summed E-state index contributed by atoms with van der Waals surface area (Å²) in [5.74, 6) is -0.564. The van der Waals surface area contributed by atoms with Crippen LogP contribution in [0.1, 0.15) is 37.8 Å². The SMILES string of the molecule is Cc1oc(C)c(C(=O)OCC(=O)Nc2ccc(C(N)=O)cc2)c1C. The smallest absolute Gasteiger partial charge is 0.342 e. The van der Waals surface area contributed by atoms with Gasteiger partial charge in [-0.2, -0.15) is 0 Å². The van der Waals surface area contributed by atoms with E-state index in [0.717, 1.165) is 0 Å². The quantitative estimate of drug-likeness (QED) is 0.815. The number of primary amides is 1. The van der Waals surface area contributed by atoms with Crippen LogP contribution in [0.2, 0.25) is 0 Å². The van der Waals surface area contributed by atoms with Crippen LogP contribution in [-0.4, -0.2) is 24.4 Å². The number of rotatable bonds is 5. The number of anilines is 1. The summed E-state index contributed by atoms with van der Waals surface area (Å²) in [6.07, 6.45) is 0. The van der Waals surface area contributed by atoms with Gasteiger partial charge in [0.05, 0.1) is 0 Å². The van der Waals surface area contributed by atoms with Crippen LogP contribution >= 0.6 is 0 Å². The van der Waals surface area contributed by atoms with E-state index in [1.807, 2.05) is 0 Å². The fraction of sp³-hybridized carbons (Fsp3) is 0.235. The Morgan fingerprint density at radius 2 is 1.71 bits per heavy atom. The van der Waals surface area contributed by atoms with Crippen molar-refractivity contribution in [1.29, 1.82) is 0 Å². The number of benzene rings is 1. The normalized spacial score (nSPS) is 10.3. The summed E-state index contributed by atoms with van der Waals surface area (Å²) in [5, 5.41) is 2.56. The first kappa shape index (κ1) is 17.3. The van der Waals surface area contributed by atoms with Crippen molar-refractivity contribution in [3.05, 3.63) is 52.5 Å². The van der Waals surface area contributed by atoms with Crippen molar-refractivity contribution in [3.8, 4) is 0 Å². The topological polar surface area (TPSA) is 112 Å². The molecule has 1 aromatic carbocycles. The molecule has 24 heavy (non-hydrogen) atoms. The van der Waals surface area contributed by atoms with Gasteiger partial charge < -0.3 is 20.2 Å². The molecule has 2 aromatic rings. The Morgan fingerprint density at radius 1 is 1.08 bits per heavy atom. The van der Waals surface area contributed by atoms with Crippen LogP contribution in [0.4, 0.5) is 5.69 Å². The third-order valence-electron chi connectivity index (χ3n) is 3.55. The highest BCUT2D eigenvalue weighted by molar-refractivity contribution is 5.97. The molecule has 0 aliphatic heterocycles. The van der Waals surface area contributed by atoms with Gasteiger partial charge in [-0.3, -0.25) is 9.59 Å². The molecule has 3 N–H and O–H groups in total. The van der Waals surface area contributed by atoms with E-state index < -0.39 is 24.4 Å². The lowest BCUT2D eigenvalue weighted by Crippen LogP contribution is -2.21. The molecule has 126 valence electrons. The molecule has 0 atom stereocenters. The Balaban J connectivity index is 1.93. The lowest BCUT2D eigenvalue weighted by molar-refractivity contribution is -0.119. The Kier molecular flexibility index (Phi) is 5.03. The van der Waals surface area contributed by atoms with E-state index in [4.69, 9.17) is 14.9 Å². The average Bonchev–Trinajstić information content (AvgIpc) is 2.78. The van der Waals surface area contributed by atoms with Crippen molar-refractivity contribution in [2.45, 2.75) is 20.8 Å². The van der Waals surface area contributed by atoms with E-state index in [9.17, 15) is 14.4 Å². The van der Waals surface area contributed by atoms with Crippen molar-refractivity contribution in [2.24, 2.45) is 5.73 Å². The van der Waals surface area contributed by atoms with Crippen LogP contribution in [-0.2, 0) is 9.53 Å². The molecule has 0 saturated heterocycles. The van der Waals surface area contributed by atoms with Gasteiger partial charge in [0, 0.05) is 16.8 Å². The first-order chi connectivity index (χ1) is 11.3. The van der Waals surface area contributed by atoms with Gasteiger partial charge in [-0.15, -0.1) is 0 Å². The zero-order chi connectivity index (χ0) is 17.9. The maximum Gasteiger partial charge on any atom is 0.342 e. The number of hydrogen-bond acceptors (Lipinski definition) is 5. The molecular weight excluding hydrogens is 312 g/mol. The number of ether oxygens (including phenoxy) is 1. The van der Waals surface area contributed by atoms with E-state index in [0.29, 0.717) is 33.9 Å². The maximum atomic E-state index is 12.1. The molecule has 1 aromatic heterocycles. The highest BCUT2D eigenvalue weighted by Gasteiger charge is 2.20. The van der Waals surface area contributed by atoms with Crippen molar-refractivity contribution >= 4 is 23.5 Å². The maximum absolute atomic E-state index is 12.1. The van der Waals surface area contributed by atoms with E-state index in [-0.39, 0.29) is 0 Å². The predicted molar refractivity (Wildman–Crippen MR) is 86.8 cm³/mol. The number of nitrogens with two attached hydrogens (primary N) is 1. The van der Waals surface area contributed by atoms with Crippen LogP contribution in [0.25, 0.3) is 0 Å². The molecule has 0 aliphatic rings. The first-order valence-corrected chi connectivity index (χ1v) is 7.23. The summed E-state index contributed by atoms with van der Waals surface area (Å²) in [7, 11) is 0. The molecule has 2 amide bonds. The molecular formula is C17H18N2O5. The number of furan rings is 1. The van der Waals surface area contributed by atoms with Crippen LogP contribution in [0.5, 0.6) is 0 Å². The average molecular weight is 330 g/mol. The van der Waals surface area contributed by atoms with Gasteiger partial charge in [0.2, 0.25) is 5.91 Å². The van der Waals surface area contributed by atoms with Crippen molar-refractivity contribution in [3.63, 3.8) is 0 Å². The fourth-order valence-corrected chi connectivity index (χ4v) is 2.21. The number of esters is 1. The Bertz CT molecular complexity index is 790. The first-order valence-electron chi connectivity index (χ1n) is 7.23. The standard InChI is InChI=1S/C17H18N2O5/c1-9-10(2)24-11(3)15(9)17(22)23-8-14(20)19-13-6-4-12(5-7-13)16(18)21/h4-7H,8H2,1-3H3,(H2,18,21)(H,19,20). The van der Waals surface area contributed by atoms with Gasteiger partial charge in [0.1, 0.15) is 17.1 Å². The summed E-state index contributed by atoms with van der Waals surface area (Å²) in [4.78, 5) is 34.9. The van der Waals surface area contributed by atoms with Gasteiger partial charge >= 0.3 is 5.97 Å². The second kappa shape index (κ2) is 6.99. The minimum atomic E-state index is -0.610. The lowest BCUT2D eigenvalue weighted by Gasteiger charge is -2.07. The zero-order valence-corrected chi connectivity index (χ0v) is 13.6. The van der Waals surface area contributed by atoms with Crippen molar-refractivity contribution < 1.29 is 23.5 Å². The number of carbonyl (C=O) groups is 3. The van der Waals surface area contributed by atoms with Gasteiger partial charge in [-0.25, -0.2) is 4.79 Å². The van der Waals surface area contributed by atoms with Gasteiger partial charge in [0.25, 0.3) is 5.91 Å². The third kappa shape index (κ3) is 3.81. The molecule has 7 heteroatoms. The van der Waals surface area contributed by atoms with Gasteiger partial charge in [0.15, 0.2) is 6.61 Å². The molecule has 0 saturated carbocycles. The number of carbonyl (C=O) groups excluding carboxylic acids is 3. The second-order valence-electron chi connectivity index (χ2n) is 5.28. The van der Waals surface area contributed by atoms with E-state index >= 15 is 0 Å². The Labute approximate surface area is 138 Å². The molecule has 0 spiro atoms. The van der Waals surface area contributed by atoms with E-state index in [1.54, 1.807) is 20.8 Å². The minimum absolute atomic E-state index is 0.334. The highest BCUT2D eigenvalue weighted by atomic mass is 16.5. The molecule has 0 radical (unpaired) electrons. The predicted octanol–water partition coefficient (Wildman–Crippen LogP) is 2.10. The summed E-state index contributed by atoms with van der Waals surface area (Å²) >= 11 is 0. The number of nitrogens with one attached hydrogen (secondary N) is 1. The van der Waals surface area contributed by atoms with Crippen molar-refractivity contribution in [1.82, 2.24) is 0 Å². The monoisotopic (exact) mass is 330 g/mol. The molecule has 0 fully saturated rings. The summed E-state index contributed by atoms with van der Waals surface area (Å²) in [5.41, 5.74) is 6.97. The summed E-state index contributed by atoms with van der Waals surface area (Å²) in [6.45, 7) is 4.74. The highest BCUT2D eigenvalue weighted by Crippen LogP contribution is 2.21. The van der Waals surface area contributed by atoms with Crippen molar-refractivity contribution in [2.75, 3.05) is 11.9 Å². The number of hydrogen-bond donors (Lipinski definition) is 2.